The summed E-state index contributed by atoms with van der Waals surface area (Å²) in [6.07, 6.45) is 6.41. The molecular formula is C9H13ClN2S. The topological polar surface area (TPSA) is 38.9 Å². The summed E-state index contributed by atoms with van der Waals surface area (Å²) in [4.78, 5) is 0. The molecule has 0 radical (unpaired) electrons. The normalized spacial score (nSPS) is 19.2. The fourth-order valence-corrected chi connectivity index (χ4v) is 2.91. The number of hydrogen-bond donors (Lipinski definition) is 1. The van der Waals surface area contributed by atoms with Crippen molar-refractivity contribution in [2.24, 2.45) is 0 Å². The lowest BCUT2D eigenvalue weighted by molar-refractivity contribution is 0.439. The van der Waals surface area contributed by atoms with Gasteiger partial charge in [0.25, 0.3) is 0 Å². The predicted octanol–water partition coefficient (Wildman–Crippen LogP) is 3.43. The van der Waals surface area contributed by atoms with Crippen LogP contribution in [-0.4, -0.2) is 4.37 Å². The minimum Gasteiger partial charge on any atom is -0.388 e. The third kappa shape index (κ3) is 1.81. The van der Waals surface area contributed by atoms with E-state index in [1.807, 2.05) is 0 Å². The second-order valence-electron chi connectivity index (χ2n) is 3.58. The molecule has 1 heterocycles. The zero-order chi connectivity index (χ0) is 9.26. The second kappa shape index (κ2) is 3.84. The first-order valence-corrected chi connectivity index (χ1v) is 5.84. The SMILES string of the molecule is Nc1snc(C2CCCCC2)c1Cl. The molecule has 0 bridgehead atoms. The first-order valence-electron chi connectivity index (χ1n) is 4.69. The molecule has 2 N–H and O–H groups in total. The van der Waals surface area contributed by atoms with Crippen LogP contribution in [0.1, 0.15) is 43.7 Å². The van der Waals surface area contributed by atoms with E-state index in [0.717, 1.165) is 5.69 Å². The molecule has 1 aromatic rings. The monoisotopic (exact) mass is 216 g/mol. The highest BCUT2D eigenvalue weighted by molar-refractivity contribution is 7.10. The molecule has 0 aromatic carbocycles. The lowest BCUT2D eigenvalue weighted by Crippen LogP contribution is -2.05. The molecule has 0 unspecified atom stereocenters. The number of halogens is 1. The summed E-state index contributed by atoms with van der Waals surface area (Å²) in [5.41, 5.74) is 6.72. The molecule has 1 aliphatic rings. The first-order chi connectivity index (χ1) is 6.29. The van der Waals surface area contributed by atoms with Crippen LogP contribution in [0.4, 0.5) is 5.00 Å². The van der Waals surface area contributed by atoms with Gasteiger partial charge in [-0.1, -0.05) is 30.9 Å². The molecule has 0 atom stereocenters. The smallest absolute Gasteiger partial charge is 0.126 e. The van der Waals surface area contributed by atoms with Crippen molar-refractivity contribution in [1.29, 1.82) is 0 Å². The van der Waals surface area contributed by atoms with Crippen LogP contribution in [0.2, 0.25) is 5.02 Å². The van der Waals surface area contributed by atoms with E-state index in [9.17, 15) is 0 Å². The minimum atomic E-state index is 0.565. The summed E-state index contributed by atoms with van der Waals surface area (Å²) in [6, 6.07) is 0. The lowest BCUT2D eigenvalue weighted by atomic mass is 9.87. The van der Waals surface area contributed by atoms with E-state index in [2.05, 4.69) is 4.37 Å². The van der Waals surface area contributed by atoms with Gasteiger partial charge in [-0.3, -0.25) is 0 Å². The van der Waals surface area contributed by atoms with Crippen LogP contribution in [-0.2, 0) is 0 Å². The largest absolute Gasteiger partial charge is 0.388 e. The zero-order valence-corrected chi connectivity index (χ0v) is 9.00. The standard InChI is InChI=1S/C9H13ClN2S/c10-7-8(12-13-9(7)11)6-4-2-1-3-5-6/h6H,1-5,11H2. The van der Waals surface area contributed by atoms with Crippen molar-refractivity contribution in [3.05, 3.63) is 10.7 Å². The van der Waals surface area contributed by atoms with E-state index < -0.39 is 0 Å². The Bertz CT molecular complexity index is 292. The Morgan fingerprint density at radius 3 is 2.54 bits per heavy atom. The van der Waals surface area contributed by atoms with E-state index in [1.165, 1.54) is 43.6 Å². The number of anilines is 1. The van der Waals surface area contributed by atoms with Gasteiger partial charge in [0.1, 0.15) is 5.00 Å². The van der Waals surface area contributed by atoms with Gasteiger partial charge in [-0.25, -0.2) is 0 Å². The van der Waals surface area contributed by atoms with Crippen LogP contribution >= 0.6 is 23.1 Å². The van der Waals surface area contributed by atoms with Gasteiger partial charge in [0, 0.05) is 5.92 Å². The first kappa shape index (κ1) is 9.28. The molecule has 1 fully saturated rings. The molecule has 4 heteroatoms. The van der Waals surface area contributed by atoms with Crippen molar-refractivity contribution < 1.29 is 0 Å². The van der Waals surface area contributed by atoms with Crippen LogP contribution in [0.3, 0.4) is 0 Å². The molecule has 0 aliphatic heterocycles. The number of nitrogens with zero attached hydrogens (tertiary/aromatic N) is 1. The Balaban J connectivity index is 2.18. The van der Waals surface area contributed by atoms with Crippen molar-refractivity contribution in [3.63, 3.8) is 0 Å². The van der Waals surface area contributed by atoms with Crippen LogP contribution in [0.5, 0.6) is 0 Å². The van der Waals surface area contributed by atoms with Gasteiger partial charge in [0.15, 0.2) is 0 Å². The fraction of sp³-hybridized carbons (Fsp3) is 0.667. The molecule has 2 nitrogen and oxygen atoms in total. The van der Waals surface area contributed by atoms with E-state index >= 15 is 0 Å². The van der Waals surface area contributed by atoms with Gasteiger partial charge in [0.2, 0.25) is 0 Å². The summed E-state index contributed by atoms with van der Waals surface area (Å²) in [5, 5.41) is 1.37. The Kier molecular flexibility index (Phi) is 2.74. The molecule has 0 saturated heterocycles. The highest BCUT2D eigenvalue weighted by Crippen LogP contribution is 2.39. The maximum absolute atomic E-state index is 6.07. The molecule has 0 amide bonds. The molecule has 0 spiro atoms. The van der Waals surface area contributed by atoms with Crippen LogP contribution in [0, 0.1) is 0 Å². The number of aromatic nitrogens is 1. The number of nitrogens with two attached hydrogens (primary N) is 1. The Hall–Kier alpha value is -0.280. The number of nitrogen functional groups attached to an aromatic ring is 1. The van der Waals surface area contributed by atoms with E-state index in [1.54, 1.807) is 0 Å². The van der Waals surface area contributed by atoms with Gasteiger partial charge in [0.05, 0.1) is 10.7 Å². The maximum atomic E-state index is 6.07. The van der Waals surface area contributed by atoms with Gasteiger partial charge in [-0.2, -0.15) is 4.37 Å². The number of rotatable bonds is 1. The van der Waals surface area contributed by atoms with Crippen LogP contribution in [0.25, 0.3) is 0 Å². The molecule has 1 aromatic heterocycles. The van der Waals surface area contributed by atoms with E-state index in [0.29, 0.717) is 15.9 Å². The highest BCUT2D eigenvalue weighted by Gasteiger charge is 2.21. The van der Waals surface area contributed by atoms with Gasteiger partial charge in [-0.15, -0.1) is 0 Å². The minimum absolute atomic E-state index is 0.565. The summed E-state index contributed by atoms with van der Waals surface area (Å²) >= 11 is 7.39. The van der Waals surface area contributed by atoms with Gasteiger partial charge < -0.3 is 5.73 Å². The fourth-order valence-electron chi connectivity index (χ4n) is 1.93. The Labute approximate surface area is 87.3 Å². The zero-order valence-electron chi connectivity index (χ0n) is 7.42. The predicted molar refractivity (Wildman–Crippen MR) is 57.4 cm³/mol. The summed E-state index contributed by atoms with van der Waals surface area (Å²) < 4.78 is 4.32. The van der Waals surface area contributed by atoms with Crippen molar-refractivity contribution in [2.75, 3.05) is 5.73 Å². The molecular weight excluding hydrogens is 204 g/mol. The van der Waals surface area contributed by atoms with Crippen molar-refractivity contribution in [1.82, 2.24) is 4.37 Å². The summed E-state index contributed by atoms with van der Waals surface area (Å²) in [6.45, 7) is 0. The third-order valence-corrected chi connectivity index (χ3v) is 3.87. The summed E-state index contributed by atoms with van der Waals surface area (Å²) in [7, 11) is 0. The molecule has 2 rings (SSSR count). The quantitative estimate of drug-likeness (QED) is 0.781. The van der Waals surface area contributed by atoms with Crippen molar-refractivity contribution >= 4 is 28.1 Å². The Morgan fingerprint density at radius 1 is 1.31 bits per heavy atom. The van der Waals surface area contributed by atoms with E-state index in [-0.39, 0.29) is 0 Å². The molecule has 1 aliphatic carbocycles. The van der Waals surface area contributed by atoms with Crippen LogP contribution < -0.4 is 5.73 Å². The van der Waals surface area contributed by atoms with Crippen molar-refractivity contribution in [3.8, 4) is 0 Å². The number of hydrogen-bond acceptors (Lipinski definition) is 3. The molecule has 13 heavy (non-hydrogen) atoms. The lowest BCUT2D eigenvalue weighted by Gasteiger charge is -2.19. The maximum Gasteiger partial charge on any atom is 0.126 e. The molecule has 72 valence electrons. The Morgan fingerprint density at radius 2 is 2.00 bits per heavy atom. The van der Waals surface area contributed by atoms with Gasteiger partial charge in [-0.05, 0) is 24.4 Å². The highest BCUT2D eigenvalue weighted by atomic mass is 35.5. The third-order valence-electron chi connectivity index (χ3n) is 2.68. The average Bonchev–Trinajstić information content (AvgIpc) is 2.49. The second-order valence-corrected chi connectivity index (χ2v) is 4.76. The van der Waals surface area contributed by atoms with E-state index in [4.69, 9.17) is 17.3 Å². The average molecular weight is 217 g/mol. The summed E-state index contributed by atoms with van der Waals surface area (Å²) in [5.74, 6) is 0.565. The van der Waals surface area contributed by atoms with Crippen LogP contribution in [0.15, 0.2) is 0 Å². The van der Waals surface area contributed by atoms with Gasteiger partial charge >= 0.3 is 0 Å². The van der Waals surface area contributed by atoms with Crippen molar-refractivity contribution in [2.45, 2.75) is 38.0 Å². The molecule has 1 saturated carbocycles.